The van der Waals surface area contributed by atoms with E-state index in [-0.39, 0.29) is 24.4 Å². The molecule has 1 fully saturated rings. The van der Waals surface area contributed by atoms with Crippen molar-refractivity contribution in [3.05, 3.63) is 39.2 Å². The Morgan fingerprint density at radius 3 is 2.65 bits per heavy atom. The molecule has 0 amide bonds. The van der Waals surface area contributed by atoms with Crippen LogP contribution in [0.25, 0.3) is 11.3 Å². The Labute approximate surface area is 198 Å². The highest BCUT2D eigenvalue weighted by Gasteiger charge is 2.34. The third-order valence-corrected chi connectivity index (χ3v) is 6.83. The minimum atomic E-state index is -1.46. The summed E-state index contributed by atoms with van der Waals surface area (Å²) in [4.78, 5) is 27.2. The number of carbonyl (C=O) groups is 1. The topological polar surface area (TPSA) is 118 Å². The number of carboxylic acid groups (broad SMARTS) is 1. The van der Waals surface area contributed by atoms with E-state index in [1.165, 1.54) is 0 Å². The summed E-state index contributed by atoms with van der Waals surface area (Å²) < 4.78 is 17.9. The molecule has 0 aliphatic carbocycles. The van der Waals surface area contributed by atoms with E-state index in [1.807, 2.05) is 26.0 Å². The maximum atomic E-state index is 12.7. The highest BCUT2D eigenvalue weighted by atomic mass is 16.5. The monoisotopic (exact) mass is 471 g/mol. The summed E-state index contributed by atoms with van der Waals surface area (Å²) in [6.45, 7) is 8.23. The number of unbranched alkanes of at least 4 members (excludes halogenated alkanes) is 1. The molecule has 3 heterocycles. The fourth-order valence-electron chi connectivity index (χ4n) is 4.84. The van der Waals surface area contributed by atoms with Crippen molar-refractivity contribution in [2.24, 2.45) is 5.92 Å². The zero-order valence-corrected chi connectivity index (χ0v) is 20.0. The molecule has 184 valence electrons. The number of rotatable bonds is 7. The fourth-order valence-corrected chi connectivity index (χ4v) is 4.84. The number of aromatic hydroxyl groups is 1. The van der Waals surface area contributed by atoms with Gasteiger partial charge in [0, 0.05) is 36.3 Å². The van der Waals surface area contributed by atoms with Gasteiger partial charge in [0.2, 0.25) is 0 Å². The standard InChI is InChI=1S/C26H33NO7/c1-4-5-8-33-19-12-20-17(11-16(19)15-6-9-32-10-7-15)23-21(18(13-34-20)14(2)3)24(28)22(26(30)31)25(29)27-23/h11-12,14-15,18H,4-10,13H2,1-3H3,(H,30,31)(H2,27,28,29)/t18-/m0/s1. The average molecular weight is 472 g/mol. The second-order valence-corrected chi connectivity index (χ2v) is 9.41. The first-order valence-corrected chi connectivity index (χ1v) is 12.1. The molecule has 34 heavy (non-hydrogen) atoms. The van der Waals surface area contributed by atoms with Gasteiger partial charge in [0.15, 0.2) is 5.56 Å². The molecule has 4 rings (SSSR count). The predicted molar refractivity (Wildman–Crippen MR) is 127 cm³/mol. The zero-order chi connectivity index (χ0) is 24.4. The van der Waals surface area contributed by atoms with Gasteiger partial charge in [-0.3, -0.25) is 4.79 Å². The predicted octanol–water partition coefficient (Wildman–Crippen LogP) is 4.65. The van der Waals surface area contributed by atoms with Gasteiger partial charge < -0.3 is 29.4 Å². The van der Waals surface area contributed by atoms with E-state index < -0.39 is 22.8 Å². The second-order valence-electron chi connectivity index (χ2n) is 9.41. The lowest BCUT2D eigenvalue weighted by Gasteiger charge is -2.26. The number of benzene rings is 1. The van der Waals surface area contributed by atoms with Crippen molar-refractivity contribution in [3.63, 3.8) is 0 Å². The van der Waals surface area contributed by atoms with Crippen LogP contribution in [0.1, 0.15) is 79.8 Å². The van der Waals surface area contributed by atoms with Crippen molar-refractivity contribution in [1.29, 1.82) is 0 Å². The summed E-state index contributed by atoms with van der Waals surface area (Å²) in [7, 11) is 0. The quantitative estimate of drug-likeness (QED) is 0.503. The van der Waals surface area contributed by atoms with Gasteiger partial charge in [-0.2, -0.15) is 0 Å². The molecule has 0 unspecified atom stereocenters. The molecule has 3 N–H and O–H groups in total. The maximum Gasteiger partial charge on any atom is 0.345 e. The van der Waals surface area contributed by atoms with Crippen LogP contribution in [0.3, 0.4) is 0 Å². The molecular formula is C26H33NO7. The van der Waals surface area contributed by atoms with Crippen LogP contribution in [0.15, 0.2) is 16.9 Å². The number of fused-ring (bicyclic) bond motifs is 3. The maximum absolute atomic E-state index is 12.7. The molecule has 1 saturated heterocycles. The summed E-state index contributed by atoms with van der Waals surface area (Å²) in [6.07, 6.45) is 3.66. The Morgan fingerprint density at radius 1 is 1.26 bits per heavy atom. The minimum absolute atomic E-state index is 0.0294. The summed E-state index contributed by atoms with van der Waals surface area (Å²) in [5.74, 6) is -0.700. The van der Waals surface area contributed by atoms with Gasteiger partial charge in [-0.25, -0.2) is 4.79 Å². The number of hydrogen-bond acceptors (Lipinski definition) is 6. The summed E-state index contributed by atoms with van der Waals surface area (Å²) in [5, 5.41) is 20.5. The smallest absolute Gasteiger partial charge is 0.345 e. The third kappa shape index (κ3) is 4.51. The molecule has 2 aliphatic heterocycles. The van der Waals surface area contributed by atoms with Gasteiger partial charge in [0.1, 0.15) is 17.2 Å². The van der Waals surface area contributed by atoms with Gasteiger partial charge in [0.25, 0.3) is 5.56 Å². The highest BCUT2D eigenvalue weighted by molar-refractivity contribution is 5.92. The van der Waals surface area contributed by atoms with Crippen LogP contribution in [0.2, 0.25) is 0 Å². The molecule has 1 aromatic heterocycles. The Kier molecular flexibility index (Phi) is 7.16. The SMILES string of the molecule is CCCCOc1cc2c(cc1C1CCOCC1)-c1[nH]c(=O)c(C(=O)O)c(O)c1[C@H](C(C)C)CO2. The molecule has 0 bridgehead atoms. The average Bonchev–Trinajstić information content (AvgIpc) is 2.96. The van der Waals surface area contributed by atoms with Crippen LogP contribution in [-0.4, -0.2) is 47.6 Å². The van der Waals surface area contributed by atoms with Gasteiger partial charge >= 0.3 is 5.97 Å². The van der Waals surface area contributed by atoms with Crippen LogP contribution in [0.5, 0.6) is 17.2 Å². The second kappa shape index (κ2) is 10.1. The van der Waals surface area contributed by atoms with E-state index in [4.69, 9.17) is 14.2 Å². The molecule has 1 aromatic carbocycles. The lowest BCUT2D eigenvalue weighted by molar-refractivity contribution is 0.0691. The third-order valence-electron chi connectivity index (χ3n) is 6.83. The van der Waals surface area contributed by atoms with Crippen molar-refractivity contribution in [2.45, 2.75) is 58.3 Å². The first-order valence-electron chi connectivity index (χ1n) is 12.1. The van der Waals surface area contributed by atoms with E-state index in [0.717, 1.165) is 37.0 Å². The summed E-state index contributed by atoms with van der Waals surface area (Å²) >= 11 is 0. The lowest BCUT2D eigenvalue weighted by atomic mass is 9.84. The van der Waals surface area contributed by atoms with E-state index in [1.54, 1.807) is 0 Å². The molecule has 8 heteroatoms. The van der Waals surface area contributed by atoms with Gasteiger partial charge in [-0.15, -0.1) is 0 Å². The summed E-state index contributed by atoms with van der Waals surface area (Å²) in [5.41, 5.74) is 0.979. The molecule has 2 aliphatic rings. The van der Waals surface area contributed by atoms with Crippen LogP contribution >= 0.6 is 0 Å². The minimum Gasteiger partial charge on any atom is -0.506 e. The van der Waals surface area contributed by atoms with Crippen LogP contribution in [0.4, 0.5) is 0 Å². The van der Waals surface area contributed by atoms with Gasteiger partial charge in [-0.05, 0) is 42.7 Å². The first-order chi connectivity index (χ1) is 16.3. The zero-order valence-electron chi connectivity index (χ0n) is 20.0. The number of ether oxygens (including phenoxy) is 3. The molecule has 0 spiro atoms. The number of aromatic amines is 1. The van der Waals surface area contributed by atoms with E-state index in [0.29, 0.717) is 42.4 Å². The molecule has 2 aromatic rings. The first kappa shape index (κ1) is 24.1. The number of hydrogen-bond donors (Lipinski definition) is 3. The van der Waals surface area contributed by atoms with E-state index in [2.05, 4.69) is 11.9 Å². The molecule has 1 atom stereocenters. The number of H-pyrrole nitrogens is 1. The molecule has 0 saturated carbocycles. The molecular weight excluding hydrogens is 438 g/mol. The Balaban J connectivity index is 1.94. The number of aromatic carboxylic acids is 1. The number of aromatic nitrogens is 1. The lowest BCUT2D eigenvalue weighted by Crippen LogP contribution is -2.23. The van der Waals surface area contributed by atoms with E-state index >= 15 is 0 Å². The van der Waals surface area contributed by atoms with Gasteiger partial charge in [0.05, 0.1) is 18.9 Å². The van der Waals surface area contributed by atoms with Crippen molar-refractivity contribution in [1.82, 2.24) is 4.98 Å². The fraction of sp³-hybridized carbons (Fsp3) is 0.538. The van der Waals surface area contributed by atoms with Crippen LogP contribution in [-0.2, 0) is 4.74 Å². The normalized spacial score (nSPS) is 18.1. The largest absolute Gasteiger partial charge is 0.506 e. The number of nitrogens with one attached hydrogen (secondary N) is 1. The van der Waals surface area contributed by atoms with Gasteiger partial charge in [-0.1, -0.05) is 27.2 Å². The number of pyridine rings is 1. The van der Waals surface area contributed by atoms with Crippen molar-refractivity contribution >= 4 is 5.97 Å². The number of carboxylic acids is 1. The Bertz CT molecular complexity index is 1120. The van der Waals surface area contributed by atoms with Crippen LogP contribution < -0.4 is 15.0 Å². The summed E-state index contributed by atoms with van der Waals surface area (Å²) in [6, 6.07) is 3.85. The van der Waals surface area contributed by atoms with E-state index in [9.17, 15) is 19.8 Å². The Hall–Kier alpha value is -3.00. The Morgan fingerprint density at radius 2 is 2.00 bits per heavy atom. The van der Waals surface area contributed by atoms with Crippen molar-refractivity contribution in [3.8, 4) is 28.5 Å². The van der Waals surface area contributed by atoms with Crippen LogP contribution in [0, 0.1) is 5.92 Å². The van der Waals surface area contributed by atoms with Crippen molar-refractivity contribution < 1.29 is 29.2 Å². The highest BCUT2D eigenvalue weighted by Crippen LogP contribution is 2.48. The molecule has 0 radical (unpaired) electrons. The van der Waals surface area contributed by atoms with Crippen molar-refractivity contribution in [2.75, 3.05) is 26.4 Å². The molecule has 8 nitrogen and oxygen atoms in total.